The van der Waals surface area contributed by atoms with Crippen molar-refractivity contribution in [1.29, 1.82) is 0 Å². The fraction of sp³-hybridized carbons (Fsp3) is 0.474. The number of hydrogen-bond acceptors (Lipinski definition) is 16. The predicted octanol–water partition coefficient (Wildman–Crippen LogP) is 17.5. The van der Waals surface area contributed by atoms with E-state index in [1.54, 1.807) is 74.4 Å². The van der Waals surface area contributed by atoms with Crippen molar-refractivity contribution in [2.24, 2.45) is 0 Å². The number of carbonyl (C=O) groups is 5. The van der Waals surface area contributed by atoms with Gasteiger partial charge in [-0.25, -0.2) is 0 Å². The van der Waals surface area contributed by atoms with Gasteiger partial charge in [-0.1, -0.05) is 156 Å². The standard InChI is InChI=1S/C13H17Cl2N3O.C13H16Cl2N2O2.C13H18ClN3O.C11H13Cl2NO2.C11H15ClN2O.C11H16INO.6CH4/c1-9-11(14)6-10(7-12(9)15)17-13(19)8-18-4-2-16-3-5-18;1-9-11(14)6-10(7-12(9)15)16-13(18)8-17-2-4-19-5-3-17;1-10-2-3-11(8-12(10)14)16-13(18)9-17-6-4-15-5-7-17;1-7-9(12)4-8(5-10(7)13)16-11(15)6-14(2)3;1-8-4-5-9(6-10(8)12)13-11(15)7-14(2)3;1-9-4-5-10(8-11(9)12)14-7-6-13(2)3;;;;;;/h6-7,16H,2-5,8H2,1H3,(H,17,19);6-7H,2-5,8H2,1H3,(H,16,18);2-3,8,15H,4-7,9H2,1H3,(H,16,18);4-5H,6H2,1-3H3;4-6H,7H2,1-3H3,(H,13,15);4-5,8H,6-7H2,1-3H3;6*1H4. The molecule has 20 nitrogen and oxygen atoms in total. The average molecular weight is 1760 g/mol. The van der Waals surface area contributed by atoms with Gasteiger partial charge in [-0.3, -0.25) is 43.6 Å². The number of anilines is 4. The van der Waals surface area contributed by atoms with Crippen molar-refractivity contribution < 1.29 is 38.2 Å². The van der Waals surface area contributed by atoms with E-state index >= 15 is 0 Å². The zero-order chi connectivity index (χ0) is 74.9. The first-order valence-corrected chi connectivity index (χ1v) is 36.6. The van der Waals surface area contributed by atoms with Crippen molar-refractivity contribution in [3.63, 3.8) is 0 Å². The van der Waals surface area contributed by atoms with Gasteiger partial charge in [0.15, 0.2) is 0 Å². The van der Waals surface area contributed by atoms with Crippen LogP contribution in [0.1, 0.15) is 77.9 Å². The van der Waals surface area contributed by atoms with Crippen molar-refractivity contribution in [3.8, 4) is 11.5 Å². The Bertz CT molecular complexity index is 3500. The number of rotatable bonds is 19. The number of likely N-dealkylation sites (N-methyl/N-ethyl adjacent to an activating group) is 3. The topological polar surface area (TPSA) is 205 Å². The van der Waals surface area contributed by atoms with Crippen molar-refractivity contribution in [2.45, 2.75) is 86.1 Å². The smallest absolute Gasteiger partial charge is 0.325 e. The Hall–Kier alpha value is -4.84. The van der Waals surface area contributed by atoms with E-state index in [1.807, 2.05) is 91.1 Å². The van der Waals surface area contributed by atoms with Crippen molar-refractivity contribution in [1.82, 2.24) is 40.0 Å². The highest BCUT2D eigenvalue weighted by atomic mass is 127. The molecule has 4 amide bonds. The Balaban J connectivity index is -0.00000120. The molecule has 0 radical (unpaired) electrons. The molecule has 0 spiro atoms. The Morgan fingerprint density at radius 2 is 0.757 bits per heavy atom. The van der Waals surface area contributed by atoms with Crippen LogP contribution in [0.3, 0.4) is 0 Å². The third-order valence-electron chi connectivity index (χ3n) is 15.0. The highest BCUT2D eigenvalue weighted by Crippen LogP contribution is 2.32. The van der Waals surface area contributed by atoms with Gasteiger partial charge in [0.1, 0.15) is 18.1 Å². The molecule has 3 heterocycles. The predicted molar refractivity (Wildman–Crippen MR) is 467 cm³/mol. The van der Waals surface area contributed by atoms with E-state index in [2.05, 4.69) is 93.1 Å². The van der Waals surface area contributed by atoms with Crippen molar-refractivity contribution >= 4 is 168 Å². The summed E-state index contributed by atoms with van der Waals surface area (Å²) in [5.41, 5.74) is 8.47. The largest absolute Gasteiger partial charge is 0.492 e. The van der Waals surface area contributed by atoms with Crippen LogP contribution in [0, 0.1) is 45.1 Å². The van der Waals surface area contributed by atoms with Crippen LogP contribution in [0.25, 0.3) is 0 Å². The molecule has 3 fully saturated rings. The molecule has 0 unspecified atom stereocenters. The Kier molecular flexibility index (Phi) is 56.0. The number of ether oxygens (including phenoxy) is 3. The second-order valence-electron chi connectivity index (χ2n) is 24.7. The molecule has 0 aromatic heterocycles. The maximum absolute atomic E-state index is 11.9. The fourth-order valence-corrected chi connectivity index (χ4v) is 11.4. The number of hydrogen-bond donors (Lipinski definition) is 6. The van der Waals surface area contributed by atoms with Crippen LogP contribution < -0.4 is 41.4 Å². The summed E-state index contributed by atoms with van der Waals surface area (Å²) >= 11 is 50.3. The number of nitrogens with zero attached hydrogens (tertiary/aromatic N) is 6. The van der Waals surface area contributed by atoms with Crippen LogP contribution in [-0.2, 0) is 28.7 Å². The van der Waals surface area contributed by atoms with Crippen LogP contribution in [0.15, 0.2) is 91.0 Å². The molecule has 0 saturated carbocycles. The van der Waals surface area contributed by atoms with E-state index in [-0.39, 0.29) is 80.7 Å². The molecule has 9 rings (SSSR count). The normalized spacial score (nSPS) is 13.0. The molecule has 3 aliphatic rings. The third kappa shape index (κ3) is 43.0. The van der Waals surface area contributed by atoms with Crippen LogP contribution in [-0.4, -0.2) is 226 Å². The first-order valence-electron chi connectivity index (χ1n) is 32.5. The number of piperazine rings is 2. The molecule has 0 atom stereocenters. The maximum Gasteiger partial charge on any atom is 0.325 e. The summed E-state index contributed by atoms with van der Waals surface area (Å²) < 4.78 is 17.2. The summed E-state index contributed by atoms with van der Waals surface area (Å²) in [5.74, 6) is 0.836. The lowest BCUT2D eigenvalue weighted by Gasteiger charge is -2.26. The monoisotopic (exact) mass is 1760 g/mol. The van der Waals surface area contributed by atoms with Gasteiger partial charge in [0.2, 0.25) is 23.6 Å². The van der Waals surface area contributed by atoms with Crippen LogP contribution in [0.2, 0.25) is 40.2 Å². The van der Waals surface area contributed by atoms with E-state index in [4.69, 9.17) is 107 Å². The van der Waals surface area contributed by atoms with Gasteiger partial charge in [-0.05, 0) is 213 Å². The molecule has 0 aliphatic carbocycles. The van der Waals surface area contributed by atoms with Gasteiger partial charge in [0.25, 0.3) is 0 Å². The van der Waals surface area contributed by atoms with Gasteiger partial charge < -0.3 is 55.9 Å². The summed E-state index contributed by atoms with van der Waals surface area (Å²) in [5, 5.41) is 22.3. The van der Waals surface area contributed by atoms with E-state index in [9.17, 15) is 24.0 Å². The third-order valence-corrected chi connectivity index (χ3v) is 19.3. The lowest BCUT2D eigenvalue weighted by Crippen LogP contribution is -2.46. The van der Waals surface area contributed by atoms with E-state index in [1.165, 1.54) is 9.13 Å². The summed E-state index contributed by atoms with van der Waals surface area (Å²) in [7, 11) is 11.4. The SMILES string of the molecule is C.C.C.C.C.C.Cc1c(Cl)cc(NC(=O)CN2CCNCC2)cc1Cl.Cc1c(Cl)cc(NC(=O)CN2CCOCC2)cc1Cl.Cc1c(Cl)cc(OC(=O)CN(C)C)cc1Cl.Cc1ccc(NC(=O)CN(C)C)cc1Cl.Cc1ccc(NC(=O)CN2CCNCC2)cc1Cl.Cc1ccc(OCCN(C)C)cc1I. The van der Waals surface area contributed by atoms with Crippen molar-refractivity contribution in [3.05, 3.63) is 168 Å². The average Bonchev–Trinajstić information content (AvgIpc) is 0.848. The summed E-state index contributed by atoms with van der Waals surface area (Å²) in [6, 6.07) is 27.2. The van der Waals surface area contributed by atoms with Gasteiger partial charge in [-0.15, -0.1) is 0 Å². The Labute approximate surface area is 694 Å². The van der Waals surface area contributed by atoms with Crippen LogP contribution in [0.5, 0.6) is 11.5 Å². The molecule has 0 bridgehead atoms. The second kappa shape index (κ2) is 56.4. The Morgan fingerprint density at radius 1 is 0.421 bits per heavy atom. The number of nitrogens with one attached hydrogen (secondary N) is 6. The van der Waals surface area contributed by atoms with E-state index in [0.717, 1.165) is 124 Å². The lowest BCUT2D eigenvalue weighted by atomic mass is 10.2. The van der Waals surface area contributed by atoms with Gasteiger partial charge in [0.05, 0.1) is 45.9 Å². The summed E-state index contributed by atoms with van der Waals surface area (Å²) in [6.07, 6.45) is 0. The first-order chi connectivity index (χ1) is 47.7. The van der Waals surface area contributed by atoms with E-state index in [0.29, 0.717) is 96.7 Å². The number of esters is 1. The lowest BCUT2D eigenvalue weighted by molar-refractivity contribution is -0.135. The van der Waals surface area contributed by atoms with E-state index < -0.39 is 0 Å². The minimum absolute atomic E-state index is 0. The van der Waals surface area contributed by atoms with Gasteiger partial charge in [-0.2, -0.15) is 0 Å². The number of halogens is 9. The van der Waals surface area contributed by atoms with Crippen LogP contribution in [0.4, 0.5) is 22.7 Å². The number of benzene rings is 6. The van der Waals surface area contributed by atoms with Gasteiger partial charge in [0, 0.05) is 138 Å². The van der Waals surface area contributed by atoms with Crippen molar-refractivity contribution in [2.75, 3.05) is 188 Å². The summed E-state index contributed by atoms with van der Waals surface area (Å²) in [4.78, 5) is 70.5. The number of carbonyl (C=O) groups excluding carboxylic acids is 5. The second-order valence-corrected chi connectivity index (χ2v) is 29.1. The zero-order valence-electron chi connectivity index (χ0n) is 59.4. The minimum Gasteiger partial charge on any atom is -0.492 e. The molecule has 3 aliphatic heterocycles. The number of aryl methyl sites for hydroxylation is 3. The molecule has 3 saturated heterocycles. The molecular weight excluding hydrogens is 1640 g/mol. The zero-order valence-corrected chi connectivity index (χ0v) is 67.7. The Morgan fingerprint density at radius 3 is 1.11 bits per heavy atom. The summed E-state index contributed by atoms with van der Waals surface area (Å²) in [6.45, 7) is 25.2. The maximum atomic E-state index is 11.9. The molecule has 6 N–H and O–H groups in total. The highest BCUT2D eigenvalue weighted by molar-refractivity contribution is 14.1. The van der Waals surface area contributed by atoms with Crippen LogP contribution >= 0.6 is 115 Å². The molecule has 29 heteroatoms. The molecule has 6 aromatic rings. The highest BCUT2D eigenvalue weighted by Gasteiger charge is 2.19. The fourth-order valence-electron chi connectivity index (χ4n) is 9.08. The number of amides is 4. The number of morpholine rings is 1. The molecular formula is C78H119Cl8IN12O8. The quantitative estimate of drug-likeness (QED) is 0.0253. The minimum atomic E-state index is -0.346. The van der Waals surface area contributed by atoms with Gasteiger partial charge >= 0.3 is 5.97 Å². The first kappa shape index (κ1) is 106. The molecule has 107 heavy (non-hydrogen) atoms. The molecule has 6 aromatic carbocycles. The molecule has 602 valence electrons.